The first kappa shape index (κ1) is 15.2. The van der Waals surface area contributed by atoms with Gasteiger partial charge in [0.1, 0.15) is 5.82 Å². The molecule has 108 valence electrons. The summed E-state index contributed by atoms with van der Waals surface area (Å²) >= 11 is 0. The molecular weight excluding hydrogens is 263 g/mol. The molecule has 1 N–H and O–H groups in total. The third-order valence-electron chi connectivity index (χ3n) is 3.48. The van der Waals surface area contributed by atoms with E-state index in [1.807, 2.05) is 30.3 Å². The zero-order chi connectivity index (χ0) is 15.2. The average molecular weight is 282 g/mol. The fourth-order valence-electron chi connectivity index (χ4n) is 2.39. The average Bonchev–Trinajstić information content (AvgIpc) is 2.49. The maximum atomic E-state index is 13.0. The first-order valence-corrected chi connectivity index (χ1v) is 7.08. The van der Waals surface area contributed by atoms with Crippen molar-refractivity contribution in [1.29, 1.82) is 5.26 Å². The Morgan fingerprint density at radius 2 is 1.86 bits per heavy atom. The van der Waals surface area contributed by atoms with Crippen LogP contribution in [0.1, 0.15) is 36.6 Å². The Bertz CT molecular complexity index is 626. The van der Waals surface area contributed by atoms with Crippen LogP contribution in [0.2, 0.25) is 0 Å². The number of hydrogen-bond acceptors (Lipinski definition) is 2. The Balaban J connectivity index is 2.10. The summed E-state index contributed by atoms with van der Waals surface area (Å²) in [5.74, 6) is 0.164. The van der Waals surface area contributed by atoms with Crippen LogP contribution in [0.25, 0.3) is 0 Å². The second-order valence-electron chi connectivity index (χ2n) is 5.47. The van der Waals surface area contributed by atoms with Gasteiger partial charge >= 0.3 is 0 Å². The van der Waals surface area contributed by atoms with Gasteiger partial charge in [0.2, 0.25) is 0 Å². The van der Waals surface area contributed by atoms with Gasteiger partial charge in [-0.3, -0.25) is 0 Å². The molecule has 0 aliphatic rings. The molecule has 0 saturated carbocycles. The highest BCUT2D eigenvalue weighted by Gasteiger charge is 2.15. The van der Waals surface area contributed by atoms with E-state index >= 15 is 0 Å². The van der Waals surface area contributed by atoms with Gasteiger partial charge in [-0.15, -0.1) is 0 Å². The second kappa shape index (κ2) is 7.01. The highest BCUT2D eigenvalue weighted by molar-refractivity contribution is 5.32. The van der Waals surface area contributed by atoms with Crippen molar-refractivity contribution < 1.29 is 4.39 Å². The van der Waals surface area contributed by atoms with Gasteiger partial charge in [-0.25, -0.2) is 4.39 Å². The lowest BCUT2D eigenvalue weighted by atomic mass is 9.95. The smallest absolute Gasteiger partial charge is 0.123 e. The quantitative estimate of drug-likeness (QED) is 0.892. The van der Waals surface area contributed by atoms with Crippen LogP contribution in [0.15, 0.2) is 48.5 Å². The van der Waals surface area contributed by atoms with Crippen LogP contribution >= 0.6 is 0 Å². The molecule has 1 unspecified atom stereocenters. The summed E-state index contributed by atoms with van der Waals surface area (Å²) < 4.78 is 13.0. The van der Waals surface area contributed by atoms with Crippen LogP contribution in [0.4, 0.5) is 4.39 Å². The van der Waals surface area contributed by atoms with Gasteiger partial charge in [-0.1, -0.05) is 38.1 Å². The van der Waals surface area contributed by atoms with E-state index in [1.54, 1.807) is 6.07 Å². The number of hydrogen-bond donors (Lipinski definition) is 1. The lowest BCUT2D eigenvalue weighted by Gasteiger charge is -2.23. The number of nitrogens with one attached hydrogen (secondary N) is 1. The van der Waals surface area contributed by atoms with E-state index < -0.39 is 0 Å². The van der Waals surface area contributed by atoms with Crippen LogP contribution < -0.4 is 5.32 Å². The summed E-state index contributed by atoms with van der Waals surface area (Å²) in [7, 11) is 0. The van der Waals surface area contributed by atoms with E-state index in [9.17, 15) is 4.39 Å². The predicted octanol–water partition coefficient (Wildman–Crippen LogP) is 4.18. The predicted molar refractivity (Wildman–Crippen MR) is 82.0 cm³/mol. The molecule has 0 aliphatic heterocycles. The molecule has 2 aromatic carbocycles. The first-order valence-electron chi connectivity index (χ1n) is 7.08. The van der Waals surface area contributed by atoms with E-state index in [0.717, 1.165) is 11.1 Å². The van der Waals surface area contributed by atoms with Gasteiger partial charge < -0.3 is 5.32 Å². The maximum absolute atomic E-state index is 13.0. The number of benzene rings is 2. The van der Waals surface area contributed by atoms with Crippen molar-refractivity contribution in [3.05, 3.63) is 71.0 Å². The Morgan fingerprint density at radius 1 is 1.14 bits per heavy atom. The van der Waals surface area contributed by atoms with Crippen LogP contribution in [0.5, 0.6) is 0 Å². The molecule has 0 aliphatic carbocycles. The summed E-state index contributed by atoms with van der Waals surface area (Å²) in [5.41, 5.74) is 2.81. The fourth-order valence-corrected chi connectivity index (χ4v) is 2.39. The SMILES string of the molecule is CC(C)C(NCc1cccc(C#N)c1)c1ccc(F)cc1. The zero-order valence-electron chi connectivity index (χ0n) is 12.3. The van der Waals surface area contributed by atoms with Crippen LogP contribution in [-0.2, 0) is 6.54 Å². The van der Waals surface area contributed by atoms with Crippen LogP contribution in [0, 0.1) is 23.1 Å². The van der Waals surface area contributed by atoms with Gasteiger partial charge in [0.05, 0.1) is 11.6 Å². The topological polar surface area (TPSA) is 35.8 Å². The number of rotatable bonds is 5. The van der Waals surface area contributed by atoms with E-state index in [-0.39, 0.29) is 11.9 Å². The molecular formula is C18H19FN2. The van der Waals surface area contributed by atoms with Crippen molar-refractivity contribution in [3.63, 3.8) is 0 Å². The Hall–Kier alpha value is -2.18. The van der Waals surface area contributed by atoms with Gasteiger partial charge in [0.25, 0.3) is 0 Å². The molecule has 0 spiro atoms. The van der Waals surface area contributed by atoms with Gasteiger partial charge in [0.15, 0.2) is 0 Å². The van der Waals surface area contributed by atoms with Crippen LogP contribution in [-0.4, -0.2) is 0 Å². The van der Waals surface area contributed by atoms with Crippen molar-refractivity contribution in [1.82, 2.24) is 5.32 Å². The molecule has 1 atom stereocenters. The Morgan fingerprint density at radius 3 is 2.48 bits per heavy atom. The first-order chi connectivity index (χ1) is 10.1. The van der Waals surface area contributed by atoms with Crippen molar-refractivity contribution in [2.75, 3.05) is 0 Å². The van der Waals surface area contributed by atoms with Crippen molar-refractivity contribution in [2.24, 2.45) is 5.92 Å². The summed E-state index contributed by atoms with van der Waals surface area (Å²) in [4.78, 5) is 0. The third-order valence-corrected chi connectivity index (χ3v) is 3.48. The molecule has 0 saturated heterocycles. The monoisotopic (exact) mass is 282 g/mol. The maximum Gasteiger partial charge on any atom is 0.123 e. The highest BCUT2D eigenvalue weighted by atomic mass is 19.1. The van der Waals surface area contributed by atoms with E-state index in [0.29, 0.717) is 18.0 Å². The van der Waals surface area contributed by atoms with Gasteiger partial charge in [0, 0.05) is 12.6 Å². The Kier molecular flexibility index (Phi) is 5.08. The zero-order valence-corrected chi connectivity index (χ0v) is 12.3. The number of nitriles is 1. The van der Waals surface area contributed by atoms with E-state index in [2.05, 4.69) is 25.2 Å². The largest absolute Gasteiger partial charge is 0.306 e. The molecule has 0 aromatic heterocycles. The molecule has 2 rings (SSSR count). The number of nitrogens with zero attached hydrogens (tertiary/aromatic N) is 1. The molecule has 0 fully saturated rings. The third kappa shape index (κ3) is 4.14. The highest BCUT2D eigenvalue weighted by Crippen LogP contribution is 2.22. The minimum Gasteiger partial charge on any atom is -0.306 e. The standard InChI is InChI=1S/C18H19FN2/c1-13(2)18(16-6-8-17(19)9-7-16)21-12-15-5-3-4-14(10-15)11-20/h3-10,13,18,21H,12H2,1-2H3. The normalized spacial score (nSPS) is 12.1. The minimum absolute atomic E-state index is 0.149. The van der Waals surface area contributed by atoms with Crippen molar-refractivity contribution in [3.8, 4) is 6.07 Å². The minimum atomic E-state index is -0.219. The molecule has 21 heavy (non-hydrogen) atoms. The molecule has 0 radical (unpaired) electrons. The Labute approximate surface area is 125 Å². The van der Waals surface area contributed by atoms with Crippen molar-refractivity contribution >= 4 is 0 Å². The summed E-state index contributed by atoms with van der Waals surface area (Å²) in [6.07, 6.45) is 0. The molecule has 0 heterocycles. The molecule has 3 heteroatoms. The van der Waals surface area contributed by atoms with Crippen LogP contribution in [0.3, 0.4) is 0 Å². The summed E-state index contributed by atoms with van der Waals surface area (Å²) in [6.45, 7) is 4.94. The van der Waals surface area contributed by atoms with E-state index in [4.69, 9.17) is 5.26 Å². The van der Waals surface area contributed by atoms with Crippen molar-refractivity contribution in [2.45, 2.75) is 26.4 Å². The summed E-state index contributed by atoms with van der Waals surface area (Å²) in [6, 6.07) is 16.5. The molecule has 2 nitrogen and oxygen atoms in total. The number of halogens is 1. The lowest BCUT2D eigenvalue weighted by molar-refractivity contribution is 0.410. The molecule has 0 amide bonds. The fraction of sp³-hybridized carbons (Fsp3) is 0.278. The lowest BCUT2D eigenvalue weighted by Crippen LogP contribution is -2.25. The second-order valence-corrected chi connectivity index (χ2v) is 5.47. The molecule has 0 bridgehead atoms. The summed E-state index contributed by atoms with van der Waals surface area (Å²) in [5, 5.41) is 12.4. The van der Waals surface area contributed by atoms with Gasteiger partial charge in [-0.05, 0) is 41.3 Å². The van der Waals surface area contributed by atoms with E-state index in [1.165, 1.54) is 12.1 Å². The van der Waals surface area contributed by atoms with Gasteiger partial charge in [-0.2, -0.15) is 5.26 Å². The molecule has 2 aromatic rings.